The summed E-state index contributed by atoms with van der Waals surface area (Å²) in [7, 11) is 0. The number of carbonyl (C=O) groups excluding carboxylic acids is 1. The van der Waals surface area contributed by atoms with Crippen LogP contribution in [-0.2, 0) is 0 Å². The first-order valence-electron chi connectivity index (χ1n) is 5.57. The third kappa shape index (κ3) is 3.85. The summed E-state index contributed by atoms with van der Waals surface area (Å²) >= 11 is 35.4. The van der Waals surface area contributed by atoms with E-state index in [-0.39, 0.29) is 30.9 Å². The molecule has 0 saturated heterocycles. The molecule has 1 N–H and O–H groups in total. The fraction of sp³-hybridized carbons (Fsp3) is 0. The lowest BCUT2D eigenvalue weighted by Gasteiger charge is -2.13. The zero-order valence-corrected chi connectivity index (χ0v) is 14.9. The number of rotatable bonds is 2. The molecular weight excluding hydrogens is 415 g/mol. The highest BCUT2D eigenvalue weighted by Gasteiger charge is 2.22. The average molecular weight is 420 g/mol. The lowest BCUT2D eigenvalue weighted by molar-refractivity contribution is 0.215. The second-order valence-corrected chi connectivity index (χ2v) is 6.25. The van der Waals surface area contributed by atoms with Crippen LogP contribution < -0.4 is 10.1 Å². The zero-order chi connectivity index (χ0) is 16.4. The molecule has 0 fully saturated rings. The van der Waals surface area contributed by atoms with Crippen molar-refractivity contribution in [1.29, 1.82) is 0 Å². The van der Waals surface area contributed by atoms with Crippen LogP contribution in [0.15, 0.2) is 24.3 Å². The normalized spacial score (nSPS) is 10.5. The van der Waals surface area contributed by atoms with Crippen LogP contribution in [0, 0.1) is 0 Å². The molecule has 2 aromatic carbocycles. The minimum atomic E-state index is -0.847. The van der Waals surface area contributed by atoms with Crippen LogP contribution in [0.4, 0.5) is 10.5 Å². The monoisotopic (exact) mass is 417 g/mol. The molecule has 0 saturated carbocycles. The van der Waals surface area contributed by atoms with E-state index in [4.69, 9.17) is 74.3 Å². The Morgan fingerprint density at radius 1 is 0.864 bits per heavy atom. The summed E-state index contributed by atoms with van der Waals surface area (Å²) in [4.78, 5) is 11.9. The Bertz CT molecular complexity index is 721. The molecular formula is C13H5Cl6NO2. The highest BCUT2D eigenvalue weighted by Crippen LogP contribution is 2.48. The fourth-order valence-electron chi connectivity index (χ4n) is 1.48. The predicted molar refractivity (Wildman–Crippen MR) is 92.6 cm³/mol. The van der Waals surface area contributed by atoms with Gasteiger partial charge in [-0.2, -0.15) is 0 Å². The summed E-state index contributed by atoms with van der Waals surface area (Å²) in [5.74, 6) is -0.192. The average Bonchev–Trinajstić information content (AvgIpc) is 2.47. The number of halogens is 6. The van der Waals surface area contributed by atoms with Crippen molar-refractivity contribution in [3.63, 3.8) is 0 Å². The topological polar surface area (TPSA) is 38.3 Å². The summed E-state index contributed by atoms with van der Waals surface area (Å²) in [6, 6.07) is 6.48. The van der Waals surface area contributed by atoms with Crippen LogP contribution in [0.25, 0.3) is 0 Å². The molecule has 1 amide bonds. The van der Waals surface area contributed by atoms with Gasteiger partial charge in [0.2, 0.25) is 0 Å². The summed E-state index contributed by atoms with van der Waals surface area (Å²) < 4.78 is 5.05. The van der Waals surface area contributed by atoms with Crippen molar-refractivity contribution in [3.8, 4) is 5.75 Å². The van der Waals surface area contributed by atoms with Crippen LogP contribution in [0.5, 0.6) is 5.75 Å². The zero-order valence-electron chi connectivity index (χ0n) is 10.4. The standard InChI is InChI=1S/C13H5Cl6NO2/c14-5-2-1-3-6(4-5)20-13(21)22-12-10(18)8(16)7(15)9(17)11(12)19/h1-4H,(H,20,21). The van der Waals surface area contributed by atoms with Crippen molar-refractivity contribution in [1.82, 2.24) is 0 Å². The van der Waals surface area contributed by atoms with E-state index in [1.807, 2.05) is 0 Å². The van der Waals surface area contributed by atoms with Gasteiger partial charge in [0.1, 0.15) is 10.0 Å². The van der Waals surface area contributed by atoms with Crippen molar-refractivity contribution >= 4 is 81.4 Å². The number of amides is 1. The first-order valence-corrected chi connectivity index (χ1v) is 7.84. The molecule has 0 radical (unpaired) electrons. The van der Waals surface area contributed by atoms with Gasteiger partial charge >= 0.3 is 6.09 Å². The number of ether oxygens (including phenoxy) is 1. The van der Waals surface area contributed by atoms with E-state index >= 15 is 0 Å². The largest absolute Gasteiger partial charge is 0.417 e. The van der Waals surface area contributed by atoms with Gasteiger partial charge in [-0.1, -0.05) is 75.7 Å². The molecule has 0 aromatic heterocycles. The van der Waals surface area contributed by atoms with Crippen molar-refractivity contribution in [2.75, 3.05) is 5.32 Å². The number of hydrogen-bond donors (Lipinski definition) is 1. The van der Waals surface area contributed by atoms with Crippen molar-refractivity contribution < 1.29 is 9.53 Å². The van der Waals surface area contributed by atoms with Gasteiger partial charge in [0, 0.05) is 10.7 Å². The molecule has 116 valence electrons. The Kier molecular flexibility index (Phi) is 5.94. The van der Waals surface area contributed by atoms with E-state index < -0.39 is 6.09 Å². The second-order valence-electron chi connectivity index (χ2n) is 3.92. The van der Waals surface area contributed by atoms with Gasteiger partial charge in [0.15, 0.2) is 5.75 Å². The van der Waals surface area contributed by atoms with Gasteiger partial charge in [0.05, 0.1) is 15.1 Å². The molecule has 0 heterocycles. The molecule has 0 aliphatic carbocycles. The number of nitrogens with one attached hydrogen (secondary N) is 1. The Morgan fingerprint density at radius 2 is 1.41 bits per heavy atom. The maximum absolute atomic E-state index is 11.9. The van der Waals surface area contributed by atoms with Crippen LogP contribution in [-0.4, -0.2) is 6.09 Å². The third-order valence-electron chi connectivity index (χ3n) is 2.44. The van der Waals surface area contributed by atoms with Crippen LogP contribution >= 0.6 is 69.6 Å². The number of anilines is 1. The van der Waals surface area contributed by atoms with Crippen LogP contribution in [0.1, 0.15) is 0 Å². The Balaban J connectivity index is 2.26. The molecule has 0 aliphatic heterocycles. The summed E-state index contributed by atoms with van der Waals surface area (Å²) in [5, 5.41) is 2.50. The third-order valence-corrected chi connectivity index (χ3v) is 4.91. The van der Waals surface area contributed by atoms with E-state index in [0.717, 1.165) is 0 Å². The van der Waals surface area contributed by atoms with Gasteiger partial charge in [-0.3, -0.25) is 5.32 Å². The van der Waals surface area contributed by atoms with Gasteiger partial charge in [-0.25, -0.2) is 4.79 Å². The SMILES string of the molecule is O=C(Nc1cccc(Cl)c1)Oc1c(Cl)c(Cl)c(Cl)c(Cl)c1Cl. The Labute approximate surface area is 155 Å². The second kappa shape index (κ2) is 7.35. The predicted octanol–water partition coefficient (Wildman–Crippen LogP) is 7.22. The minimum absolute atomic E-state index is 0.0269. The smallest absolute Gasteiger partial charge is 0.407 e. The summed E-state index contributed by atoms with van der Waals surface area (Å²) in [6.07, 6.45) is -0.847. The Morgan fingerprint density at radius 3 is 1.95 bits per heavy atom. The molecule has 0 atom stereocenters. The molecule has 2 rings (SSSR count). The highest BCUT2D eigenvalue weighted by molar-refractivity contribution is 6.55. The van der Waals surface area contributed by atoms with E-state index in [1.165, 1.54) is 6.07 Å². The molecule has 0 spiro atoms. The maximum atomic E-state index is 11.9. The van der Waals surface area contributed by atoms with E-state index in [1.54, 1.807) is 18.2 Å². The van der Waals surface area contributed by atoms with Crippen LogP contribution in [0.3, 0.4) is 0 Å². The number of hydrogen-bond acceptors (Lipinski definition) is 2. The van der Waals surface area contributed by atoms with Crippen molar-refractivity contribution in [2.45, 2.75) is 0 Å². The molecule has 0 bridgehead atoms. The molecule has 0 unspecified atom stereocenters. The van der Waals surface area contributed by atoms with Gasteiger partial charge in [-0.15, -0.1) is 0 Å². The van der Waals surface area contributed by atoms with Gasteiger partial charge in [0.25, 0.3) is 0 Å². The molecule has 3 nitrogen and oxygen atoms in total. The lowest BCUT2D eigenvalue weighted by Crippen LogP contribution is -2.17. The molecule has 0 aliphatic rings. The van der Waals surface area contributed by atoms with Crippen LogP contribution in [0.2, 0.25) is 30.1 Å². The van der Waals surface area contributed by atoms with Gasteiger partial charge in [-0.05, 0) is 18.2 Å². The highest BCUT2D eigenvalue weighted by atomic mass is 35.5. The van der Waals surface area contributed by atoms with E-state index in [9.17, 15) is 4.79 Å². The molecule has 22 heavy (non-hydrogen) atoms. The Hall–Kier alpha value is -0.550. The number of benzene rings is 2. The van der Waals surface area contributed by atoms with Crippen molar-refractivity contribution in [2.24, 2.45) is 0 Å². The molecule has 9 heteroatoms. The van der Waals surface area contributed by atoms with Gasteiger partial charge < -0.3 is 4.74 Å². The molecule has 2 aromatic rings. The fourth-order valence-corrected chi connectivity index (χ4v) is 2.87. The number of carbonyl (C=O) groups is 1. The van der Waals surface area contributed by atoms with E-state index in [0.29, 0.717) is 10.7 Å². The van der Waals surface area contributed by atoms with Crippen molar-refractivity contribution in [3.05, 3.63) is 54.4 Å². The summed E-state index contributed by atoms with van der Waals surface area (Å²) in [5.41, 5.74) is 0.427. The first kappa shape index (κ1) is 17.8. The lowest BCUT2D eigenvalue weighted by atomic mass is 10.3. The summed E-state index contributed by atoms with van der Waals surface area (Å²) in [6.45, 7) is 0. The quantitative estimate of drug-likeness (QED) is 0.412. The maximum Gasteiger partial charge on any atom is 0.417 e. The first-order chi connectivity index (χ1) is 10.3. The minimum Gasteiger partial charge on any atom is -0.407 e. The van der Waals surface area contributed by atoms with E-state index in [2.05, 4.69) is 5.32 Å².